The molecule has 1 atom stereocenters. The van der Waals surface area contributed by atoms with Gasteiger partial charge in [0.15, 0.2) is 0 Å². The Bertz CT molecular complexity index is 854. The first-order chi connectivity index (χ1) is 14.6. The van der Waals surface area contributed by atoms with Crippen LogP contribution in [-0.4, -0.2) is 54.6 Å². The fourth-order valence-electron chi connectivity index (χ4n) is 3.47. The first-order valence-corrected chi connectivity index (χ1v) is 11.3. The van der Waals surface area contributed by atoms with E-state index >= 15 is 0 Å². The van der Waals surface area contributed by atoms with E-state index < -0.39 is 12.1 Å². The van der Waals surface area contributed by atoms with E-state index in [4.69, 9.17) is 4.74 Å². The Labute approximate surface area is 182 Å². The van der Waals surface area contributed by atoms with Crippen LogP contribution in [0.15, 0.2) is 48.5 Å². The maximum absolute atomic E-state index is 13.0. The summed E-state index contributed by atoms with van der Waals surface area (Å²) >= 11 is 1.99. The van der Waals surface area contributed by atoms with Gasteiger partial charge in [0, 0.05) is 43.2 Å². The number of hydrogen-bond acceptors (Lipinski definition) is 5. The van der Waals surface area contributed by atoms with Crippen molar-refractivity contribution in [1.29, 1.82) is 0 Å². The van der Waals surface area contributed by atoms with E-state index in [9.17, 15) is 9.59 Å². The zero-order valence-corrected chi connectivity index (χ0v) is 18.3. The van der Waals surface area contributed by atoms with Gasteiger partial charge in [0.25, 0.3) is 0 Å². The molecule has 160 valence electrons. The van der Waals surface area contributed by atoms with Crippen LogP contribution in [-0.2, 0) is 22.5 Å². The van der Waals surface area contributed by atoms with Crippen molar-refractivity contribution in [3.63, 3.8) is 0 Å². The summed E-state index contributed by atoms with van der Waals surface area (Å²) in [7, 11) is 1.29. The van der Waals surface area contributed by atoms with Crippen molar-refractivity contribution in [3.8, 4) is 0 Å². The quantitative estimate of drug-likeness (QED) is 0.708. The van der Waals surface area contributed by atoms with E-state index in [0.717, 1.165) is 48.0 Å². The van der Waals surface area contributed by atoms with Crippen LogP contribution < -0.4 is 10.6 Å². The monoisotopic (exact) mass is 427 g/mol. The number of carbonyl (C=O) groups is 2. The van der Waals surface area contributed by atoms with Crippen LogP contribution in [0.5, 0.6) is 0 Å². The molecule has 2 aromatic rings. The van der Waals surface area contributed by atoms with Gasteiger partial charge in [-0.2, -0.15) is 11.8 Å². The molecule has 2 aromatic carbocycles. The smallest absolute Gasteiger partial charge is 0.407 e. The number of nitrogens with one attached hydrogen (secondary N) is 2. The predicted molar refractivity (Wildman–Crippen MR) is 122 cm³/mol. The van der Waals surface area contributed by atoms with Gasteiger partial charge in [0.2, 0.25) is 5.91 Å². The van der Waals surface area contributed by atoms with Crippen LogP contribution in [0.3, 0.4) is 0 Å². The molecule has 0 aliphatic carbocycles. The maximum Gasteiger partial charge on any atom is 0.407 e. The van der Waals surface area contributed by atoms with E-state index in [1.54, 1.807) is 0 Å². The average molecular weight is 428 g/mol. The number of amides is 2. The first-order valence-electron chi connectivity index (χ1n) is 10.1. The standard InChI is InChI=1S/C23H29N3O3S/c1-17-19(16-26-11-13-30-14-12-26)9-6-10-20(17)24-22(27)21(25-23(28)29-2)15-18-7-4-3-5-8-18/h3-10,21H,11-16H2,1-2H3,(H,24,27)(H,25,28). The Morgan fingerprint density at radius 3 is 2.53 bits per heavy atom. The largest absolute Gasteiger partial charge is 0.453 e. The van der Waals surface area contributed by atoms with Crippen molar-refractivity contribution >= 4 is 29.4 Å². The Balaban J connectivity index is 1.72. The van der Waals surface area contributed by atoms with E-state index in [0.29, 0.717) is 6.42 Å². The number of nitrogens with zero attached hydrogens (tertiary/aromatic N) is 1. The molecule has 0 aromatic heterocycles. The van der Waals surface area contributed by atoms with Gasteiger partial charge in [-0.15, -0.1) is 0 Å². The molecule has 1 saturated heterocycles. The van der Waals surface area contributed by atoms with E-state index in [1.807, 2.05) is 61.2 Å². The van der Waals surface area contributed by atoms with Crippen molar-refractivity contribution in [1.82, 2.24) is 10.2 Å². The van der Waals surface area contributed by atoms with E-state index in [2.05, 4.69) is 21.6 Å². The van der Waals surface area contributed by atoms with Gasteiger partial charge < -0.3 is 15.4 Å². The predicted octanol–water partition coefficient (Wildman–Crippen LogP) is 3.45. The van der Waals surface area contributed by atoms with E-state index in [-0.39, 0.29) is 5.91 Å². The van der Waals surface area contributed by atoms with Gasteiger partial charge in [-0.3, -0.25) is 9.69 Å². The third-order valence-corrected chi connectivity index (χ3v) is 6.22. The number of anilines is 1. The molecule has 3 rings (SSSR count). The lowest BCUT2D eigenvalue weighted by Gasteiger charge is -2.27. The molecule has 0 saturated carbocycles. The third-order valence-electron chi connectivity index (χ3n) is 5.28. The van der Waals surface area contributed by atoms with Crippen LogP contribution in [0.2, 0.25) is 0 Å². The highest BCUT2D eigenvalue weighted by Crippen LogP contribution is 2.22. The Kier molecular flexibility index (Phi) is 8.16. The normalized spacial score (nSPS) is 15.3. The minimum Gasteiger partial charge on any atom is -0.453 e. The third kappa shape index (κ3) is 6.24. The number of carbonyl (C=O) groups excluding carboxylic acids is 2. The summed E-state index contributed by atoms with van der Waals surface area (Å²) < 4.78 is 4.71. The van der Waals surface area contributed by atoms with Crippen molar-refractivity contribution < 1.29 is 14.3 Å². The second kappa shape index (κ2) is 11.0. The highest BCUT2D eigenvalue weighted by molar-refractivity contribution is 7.99. The number of methoxy groups -OCH3 is 1. The number of alkyl carbamates (subject to hydrolysis) is 1. The Hall–Kier alpha value is -2.51. The highest BCUT2D eigenvalue weighted by atomic mass is 32.2. The zero-order valence-electron chi connectivity index (χ0n) is 17.5. The summed E-state index contributed by atoms with van der Waals surface area (Å²) in [6.07, 6.45) is -0.245. The molecule has 0 spiro atoms. The fraction of sp³-hybridized carbons (Fsp3) is 0.391. The summed E-state index contributed by atoms with van der Waals surface area (Å²) in [6, 6.07) is 14.9. The molecule has 1 fully saturated rings. The van der Waals surface area contributed by atoms with Gasteiger partial charge in [-0.25, -0.2) is 4.79 Å². The molecule has 2 N–H and O–H groups in total. The molecule has 30 heavy (non-hydrogen) atoms. The fourth-order valence-corrected chi connectivity index (χ4v) is 4.45. The van der Waals surface area contributed by atoms with Crippen molar-refractivity contribution in [3.05, 3.63) is 65.2 Å². The van der Waals surface area contributed by atoms with Crippen molar-refractivity contribution in [2.75, 3.05) is 37.0 Å². The van der Waals surface area contributed by atoms with Crippen LogP contribution in [0.25, 0.3) is 0 Å². The van der Waals surface area contributed by atoms with Gasteiger partial charge in [-0.1, -0.05) is 42.5 Å². The van der Waals surface area contributed by atoms with E-state index in [1.165, 1.54) is 12.7 Å². The number of thioether (sulfide) groups is 1. The topological polar surface area (TPSA) is 70.7 Å². The van der Waals surface area contributed by atoms with Crippen molar-refractivity contribution in [2.45, 2.75) is 25.9 Å². The van der Waals surface area contributed by atoms with Gasteiger partial charge in [0.1, 0.15) is 6.04 Å². The summed E-state index contributed by atoms with van der Waals surface area (Å²) in [5.41, 5.74) is 4.00. The summed E-state index contributed by atoms with van der Waals surface area (Å²) in [6.45, 7) is 5.08. The first kappa shape index (κ1) is 22.2. The second-order valence-corrected chi connectivity index (χ2v) is 8.57. The van der Waals surface area contributed by atoms with Gasteiger partial charge in [0.05, 0.1) is 7.11 Å². The van der Waals surface area contributed by atoms with Crippen LogP contribution in [0, 0.1) is 6.92 Å². The summed E-state index contributed by atoms with van der Waals surface area (Å²) in [5.74, 6) is 2.06. The lowest BCUT2D eigenvalue weighted by molar-refractivity contribution is -0.118. The molecule has 6 nitrogen and oxygen atoms in total. The minimum atomic E-state index is -0.734. The molecule has 7 heteroatoms. The lowest BCUT2D eigenvalue weighted by atomic mass is 10.0. The van der Waals surface area contributed by atoms with Gasteiger partial charge in [-0.05, 0) is 29.7 Å². The zero-order chi connectivity index (χ0) is 21.3. The lowest BCUT2D eigenvalue weighted by Crippen LogP contribution is -2.45. The summed E-state index contributed by atoms with van der Waals surface area (Å²) in [4.78, 5) is 27.3. The molecule has 1 unspecified atom stereocenters. The molecule has 1 aliphatic heterocycles. The number of rotatable bonds is 7. The van der Waals surface area contributed by atoms with Crippen LogP contribution >= 0.6 is 11.8 Å². The summed E-state index contributed by atoms with van der Waals surface area (Å²) in [5, 5.41) is 5.66. The molecule has 0 radical (unpaired) electrons. The average Bonchev–Trinajstić information content (AvgIpc) is 2.77. The number of hydrogen-bond donors (Lipinski definition) is 2. The molecule has 0 bridgehead atoms. The molecule has 1 aliphatic rings. The Morgan fingerprint density at radius 2 is 1.83 bits per heavy atom. The maximum atomic E-state index is 13.0. The number of ether oxygens (including phenoxy) is 1. The second-order valence-electron chi connectivity index (χ2n) is 7.35. The molecule has 1 heterocycles. The van der Waals surface area contributed by atoms with Crippen LogP contribution in [0.4, 0.5) is 10.5 Å². The van der Waals surface area contributed by atoms with Crippen LogP contribution in [0.1, 0.15) is 16.7 Å². The van der Waals surface area contributed by atoms with Gasteiger partial charge >= 0.3 is 6.09 Å². The SMILES string of the molecule is COC(=O)NC(Cc1ccccc1)C(=O)Nc1cccc(CN2CCSCC2)c1C. The Morgan fingerprint density at radius 1 is 1.10 bits per heavy atom. The molecule has 2 amide bonds. The van der Waals surface area contributed by atoms with Crippen molar-refractivity contribution in [2.24, 2.45) is 0 Å². The number of benzene rings is 2. The molecular formula is C23H29N3O3S. The molecular weight excluding hydrogens is 398 g/mol. The minimum absolute atomic E-state index is 0.265. The highest BCUT2D eigenvalue weighted by Gasteiger charge is 2.23.